The van der Waals surface area contributed by atoms with Crippen molar-refractivity contribution < 1.29 is 17.9 Å². The summed E-state index contributed by atoms with van der Waals surface area (Å²) in [4.78, 5) is 18.1. The van der Waals surface area contributed by atoms with E-state index < -0.39 is 15.9 Å². The number of morpholine rings is 1. The van der Waals surface area contributed by atoms with Crippen LogP contribution in [0.4, 0.5) is 5.69 Å². The number of sulfonamides is 1. The van der Waals surface area contributed by atoms with Crippen LogP contribution in [0, 0.1) is 6.92 Å². The highest BCUT2D eigenvalue weighted by Crippen LogP contribution is 2.33. The number of nitrogens with one attached hydrogen (secondary N) is 1. The van der Waals surface area contributed by atoms with E-state index in [1.54, 1.807) is 30.5 Å². The maximum atomic E-state index is 13.0. The van der Waals surface area contributed by atoms with Crippen LogP contribution in [-0.4, -0.2) is 49.9 Å². The summed E-state index contributed by atoms with van der Waals surface area (Å²) < 4.78 is 33.3. The first-order valence-electron chi connectivity index (χ1n) is 9.06. The van der Waals surface area contributed by atoms with E-state index in [2.05, 4.69) is 10.3 Å². The second kappa shape index (κ2) is 8.74. The second-order valence-corrected chi connectivity index (χ2v) is 11.1. The average molecular weight is 484 g/mol. The Balaban J connectivity index is 1.55. The smallest absolute Gasteiger partial charge is 0.275 e. The molecule has 4 rings (SSSR count). The minimum Gasteiger partial charge on any atom is -0.379 e. The highest BCUT2D eigenvalue weighted by Gasteiger charge is 2.28. The third-order valence-corrected chi connectivity index (χ3v) is 8.84. The average Bonchev–Trinajstić information content (AvgIpc) is 3.39. The van der Waals surface area contributed by atoms with E-state index in [9.17, 15) is 13.2 Å². The lowest BCUT2D eigenvalue weighted by atomic mass is 10.2. The van der Waals surface area contributed by atoms with Gasteiger partial charge < -0.3 is 10.1 Å². The predicted molar refractivity (Wildman–Crippen MR) is 119 cm³/mol. The number of carbonyl (C=O) groups is 1. The molecule has 0 aliphatic carbocycles. The molecule has 0 unspecified atom stereocenters. The van der Waals surface area contributed by atoms with Gasteiger partial charge in [0.1, 0.15) is 10.7 Å². The number of rotatable bonds is 5. The summed E-state index contributed by atoms with van der Waals surface area (Å²) in [5.74, 6) is -0.404. The molecular formula is C19H18ClN3O4S3. The molecule has 1 fully saturated rings. The van der Waals surface area contributed by atoms with Gasteiger partial charge in [0.2, 0.25) is 10.0 Å². The van der Waals surface area contributed by atoms with Crippen LogP contribution in [0.3, 0.4) is 0 Å². The van der Waals surface area contributed by atoms with Crippen LogP contribution in [0.15, 0.2) is 40.6 Å². The van der Waals surface area contributed by atoms with Gasteiger partial charge in [-0.15, -0.1) is 22.7 Å². The quantitative estimate of drug-likeness (QED) is 0.590. The molecule has 1 aliphatic rings. The summed E-state index contributed by atoms with van der Waals surface area (Å²) in [6.45, 7) is 3.10. The van der Waals surface area contributed by atoms with E-state index in [4.69, 9.17) is 16.3 Å². The van der Waals surface area contributed by atoms with E-state index in [0.717, 1.165) is 4.88 Å². The lowest BCUT2D eigenvalue weighted by molar-refractivity contribution is 0.0730. The van der Waals surface area contributed by atoms with Gasteiger partial charge in [-0.1, -0.05) is 17.7 Å². The maximum Gasteiger partial charge on any atom is 0.275 e. The summed E-state index contributed by atoms with van der Waals surface area (Å²) in [6.07, 6.45) is 0. The van der Waals surface area contributed by atoms with Crippen molar-refractivity contribution in [3.05, 3.63) is 51.3 Å². The predicted octanol–water partition coefficient (Wildman–Crippen LogP) is 4.11. The Bertz CT molecular complexity index is 1180. The van der Waals surface area contributed by atoms with Crippen LogP contribution in [-0.2, 0) is 14.8 Å². The van der Waals surface area contributed by atoms with E-state index in [1.807, 2.05) is 6.07 Å². The number of aryl methyl sites for hydroxylation is 1. The largest absolute Gasteiger partial charge is 0.379 e. The SMILES string of the molecule is Cc1ccc(NC(=O)c2csc(-c3ccc(Cl)s3)n2)cc1S(=O)(=O)N1CCOCC1. The molecule has 1 amide bonds. The molecule has 1 aromatic carbocycles. The van der Waals surface area contributed by atoms with Crippen LogP contribution < -0.4 is 5.32 Å². The number of ether oxygens (including phenoxy) is 1. The third-order valence-electron chi connectivity index (χ3n) is 4.55. The molecule has 0 saturated carbocycles. The van der Waals surface area contributed by atoms with Crippen molar-refractivity contribution >= 4 is 55.9 Å². The fourth-order valence-electron chi connectivity index (χ4n) is 3.00. The molecular weight excluding hydrogens is 466 g/mol. The number of hydrogen-bond donors (Lipinski definition) is 1. The Kier molecular flexibility index (Phi) is 6.24. The van der Waals surface area contributed by atoms with E-state index in [0.29, 0.717) is 46.9 Å². The number of carbonyl (C=O) groups excluding carboxylic acids is 1. The summed E-state index contributed by atoms with van der Waals surface area (Å²) in [5, 5.41) is 5.12. The Morgan fingerprint density at radius 2 is 2.00 bits per heavy atom. The van der Waals surface area contributed by atoms with Crippen LogP contribution >= 0.6 is 34.3 Å². The molecule has 3 aromatic rings. The molecule has 30 heavy (non-hydrogen) atoms. The second-order valence-electron chi connectivity index (χ2n) is 6.59. The van der Waals surface area contributed by atoms with Gasteiger partial charge in [0.15, 0.2) is 0 Å². The summed E-state index contributed by atoms with van der Waals surface area (Å²) in [7, 11) is -3.67. The fraction of sp³-hybridized carbons (Fsp3) is 0.263. The number of thiazole rings is 1. The van der Waals surface area contributed by atoms with Crippen molar-refractivity contribution in [2.45, 2.75) is 11.8 Å². The van der Waals surface area contributed by atoms with Crippen LogP contribution in [0.2, 0.25) is 4.34 Å². The molecule has 0 bridgehead atoms. The van der Waals surface area contributed by atoms with Gasteiger partial charge in [-0.2, -0.15) is 4.31 Å². The van der Waals surface area contributed by atoms with Gasteiger partial charge in [-0.05, 0) is 36.8 Å². The number of halogens is 1. The van der Waals surface area contributed by atoms with Gasteiger partial charge in [0.05, 0.1) is 27.3 Å². The van der Waals surface area contributed by atoms with E-state index >= 15 is 0 Å². The molecule has 0 radical (unpaired) electrons. The highest BCUT2D eigenvalue weighted by atomic mass is 35.5. The lowest BCUT2D eigenvalue weighted by Crippen LogP contribution is -2.40. The van der Waals surface area contributed by atoms with Crippen LogP contribution in [0.5, 0.6) is 0 Å². The molecule has 1 N–H and O–H groups in total. The molecule has 158 valence electrons. The van der Waals surface area contributed by atoms with Gasteiger partial charge in [-0.25, -0.2) is 13.4 Å². The van der Waals surface area contributed by atoms with Crippen LogP contribution in [0.25, 0.3) is 9.88 Å². The Hall–Kier alpha value is -1.82. The lowest BCUT2D eigenvalue weighted by Gasteiger charge is -2.26. The Labute approximate surface area is 187 Å². The molecule has 1 aliphatic heterocycles. The van der Waals surface area contributed by atoms with Crippen molar-refractivity contribution in [1.82, 2.24) is 9.29 Å². The standard InChI is InChI=1S/C19H18ClN3O4S3/c1-12-2-3-13(10-16(12)30(25,26)23-6-8-27-9-7-23)21-18(24)14-11-28-19(22-14)15-4-5-17(20)29-15/h2-5,10-11H,6-9H2,1H3,(H,21,24). The molecule has 2 aromatic heterocycles. The van der Waals surface area contributed by atoms with Crippen molar-refractivity contribution in [3.8, 4) is 9.88 Å². The van der Waals surface area contributed by atoms with Gasteiger partial charge in [0, 0.05) is 24.2 Å². The molecule has 0 atom stereocenters. The monoisotopic (exact) mass is 483 g/mol. The number of nitrogens with zero attached hydrogens (tertiary/aromatic N) is 2. The van der Waals surface area contributed by atoms with E-state index in [1.165, 1.54) is 33.0 Å². The van der Waals surface area contributed by atoms with Crippen molar-refractivity contribution in [2.24, 2.45) is 0 Å². The summed E-state index contributed by atoms with van der Waals surface area (Å²) in [5.41, 5.74) is 1.27. The number of thiophene rings is 1. The summed E-state index contributed by atoms with van der Waals surface area (Å²) >= 11 is 8.70. The third kappa shape index (κ3) is 4.43. The van der Waals surface area contributed by atoms with E-state index in [-0.39, 0.29) is 10.6 Å². The van der Waals surface area contributed by atoms with Gasteiger partial charge in [0.25, 0.3) is 5.91 Å². The van der Waals surface area contributed by atoms with Crippen molar-refractivity contribution in [1.29, 1.82) is 0 Å². The molecule has 1 saturated heterocycles. The number of hydrogen-bond acceptors (Lipinski definition) is 7. The summed E-state index contributed by atoms with van der Waals surface area (Å²) in [6, 6.07) is 8.49. The Morgan fingerprint density at radius 1 is 1.23 bits per heavy atom. The highest BCUT2D eigenvalue weighted by molar-refractivity contribution is 7.89. The first-order valence-corrected chi connectivity index (χ1v) is 12.6. The topological polar surface area (TPSA) is 88.6 Å². The number of aromatic nitrogens is 1. The first-order chi connectivity index (χ1) is 14.3. The minimum atomic E-state index is -3.67. The maximum absolute atomic E-state index is 13.0. The molecule has 7 nitrogen and oxygen atoms in total. The normalized spacial score (nSPS) is 15.3. The molecule has 3 heterocycles. The Morgan fingerprint density at radius 3 is 2.70 bits per heavy atom. The van der Waals surface area contributed by atoms with Gasteiger partial charge >= 0.3 is 0 Å². The van der Waals surface area contributed by atoms with Crippen LogP contribution in [0.1, 0.15) is 16.1 Å². The van der Waals surface area contributed by atoms with Crippen molar-refractivity contribution in [3.63, 3.8) is 0 Å². The first kappa shape index (κ1) is 21.4. The zero-order chi connectivity index (χ0) is 21.3. The molecule has 0 spiro atoms. The number of anilines is 1. The van der Waals surface area contributed by atoms with Gasteiger partial charge in [-0.3, -0.25) is 4.79 Å². The fourth-order valence-corrected chi connectivity index (χ4v) is 6.57. The number of amides is 1. The minimum absolute atomic E-state index is 0.175. The zero-order valence-corrected chi connectivity index (χ0v) is 19.1. The molecule has 11 heteroatoms. The van der Waals surface area contributed by atoms with Crippen molar-refractivity contribution in [2.75, 3.05) is 31.6 Å². The zero-order valence-electron chi connectivity index (χ0n) is 15.9. The number of benzene rings is 1.